The summed E-state index contributed by atoms with van der Waals surface area (Å²) in [6.07, 6.45) is 0.0615. The lowest BCUT2D eigenvalue weighted by Gasteiger charge is -2.20. The molecule has 3 N–H and O–H groups in total. The highest BCUT2D eigenvalue weighted by Gasteiger charge is 2.31. The molecule has 6 nitrogen and oxygen atoms in total. The second-order valence-electron chi connectivity index (χ2n) is 7.28. The Kier molecular flexibility index (Phi) is 8.55. The van der Waals surface area contributed by atoms with Crippen LogP contribution in [0.1, 0.15) is 31.4 Å². The van der Waals surface area contributed by atoms with Crippen molar-refractivity contribution in [2.75, 3.05) is 0 Å². The van der Waals surface area contributed by atoms with Crippen LogP contribution in [-0.2, 0) is 27.4 Å². The first kappa shape index (κ1) is 22.3. The first-order valence-electron chi connectivity index (χ1n) is 9.73. The fourth-order valence-corrected chi connectivity index (χ4v) is 2.77. The maximum Gasteiger partial charge on any atom is 0.408 e. The van der Waals surface area contributed by atoms with Gasteiger partial charge < -0.3 is 15.8 Å². The van der Waals surface area contributed by atoms with Crippen LogP contribution < -0.4 is 11.1 Å². The van der Waals surface area contributed by atoms with Crippen LogP contribution >= 0.6 is 0 Å². The lowest BCUT2D eigenvalue weighted by atomic mass is 9.93. The number of nitrogens with two attached hydrogens (primary N) is 1. The van der Waals surface area contributed by atoms with Gasteiger partial charge in [0.05, 0.1) is 12.1 Å². The standard InChI is InChI=1S/C23H28N2O4/c1-16(2)20(24)22(27)21(26)19(14-13-17-9-5-3-6-10-17)25-23(28)29-15-18-11-7-4-8-12-18/h3-12,16,19-20H,13-15,24H2,1-2H3,(H,25,28)/t19?,20-/m0/s1. The molecule has 2 aromatic rings. The van der Waals surface area contributed by atoms with Crippen molar-refractivity contribution in [1.82, 2.24) is 5.32 Å². The number of ether oxygens (including phenoxy) is 1. The van der Waals surface area contributed by atoms with Crippen molar-refractivity contribution in [3.05, 3.63) is 71.8 Å². The van der Waals surface area contributed by atoms with E-state index in [2.05, 4.69) is 5.32 Å². The van der Waals surface area contributed by atoms with Crippen LogP contribution in [0.15, 0.2) is 60.7 Å². The summed E-state index contributed by atoms with van der Waals surface area (Å²) >= 11 is 0. The van der Waals surface area contributed by atoms with Crippen molar-refractivity contribution in [3.8, 4) is 0 Å². The molecule has 1 unspecified atom stereocenters. The molecule has 2 aromatic carbocycles. The number of benzene rings is 2. The van der Waals surface area contributed by atoms with Crippen LogP contribution in [0.2, 0.25) is 0 Å². The summed E-state index contributed by atoms with van der Waals surface area (Å²) in [6.45, 7) is 3.62. The quantitative estimate of drug-likeness (QED) is 0.602. The SMILES string of the molecule is CC(C)[C@H](N)C(=O)C(=O)C(CCc1ccccc1)NC(=O)OCc1ccccc1. The Labute approximate surface area is 171 Å². The van der Waals surface area contributed by atoms with Crippen LogP contribution in [-0.4, -0.2) is 29.7 Å². The Hall–Kier alpha value is -2.99. The predicted octanol–water partition coefficient (Wildman–Crippen LogP) is 3.04. The van der Waals surface area contributed by atoms with Crippen molar-refractivity contribution in [2.45, 2.75) is 45.4 Å². The number of carbonyl (C=O) groups excluding carboxylic acids is 3. The molecule has 0 aliphatic carbocycles. The van der Waals surface area contributed by atoms with E-state index < -0.39 is 29.7 Å². The van der Waals surface area contributed by atoms with Gasteiger partial charge in [-0.05, 0) is 29.9 Å². The molecular weight excluding hydrogens is 368 g/mol. The van der Waals surface area contributed by atoms with Crippen molar-refractivity contribution in [1.29, 1.82) is 0 Å². The van der Waals surface area contributed by atoms with E-state index in [4.69, 9.17) is 10.5 Å². The van der Waals surface area contributed by atoms with E-state index in [1.54, 1.807) is 13.8 Å². The zero-order valence-corrected chi connectivity index (χ0v) is 16.8. The second-order valence-corrected chi connectivity index (χ2v) is 7.28. The number of Topliss-reactive ketones (excluding diaryl/α,β-unsaturated/α-hetero) is 2. The Morgan fingerprint density at radius 3 is 2.00 bits per heavy atom. The van der Waals surface area contributed by atoms with Gasteiger partial charge in [0, 0.05) is 0 Å². The minimum absolute atomic E-state index is 0.0751. The third kappa shape index (κ3) is 7.16. The van der Waals surface area contributed by atoms with Crippen molar-refractivity contribution in [2.24, 2.45) is 11.7 Å². The molecule has 154 valence electrons. The molecule has 0 aliphatic rings. The topological polar surface area (TPSA) is 98.5 Å². The highest BCUT2D eigenvalue weighted by atomic mass is 16.5. The molecule has 0 bridgehead atoms. The molecule has 0 heterocycles. The molecule has 0 spiro atoms. The number of alkyl carbamates (subject to hydrolysis) is 1. The van der Waals surface area contributed by atoms with E-state index in [1.165, 1.54) is 0 Å². The van der Waals surface area contributed by atoms with Gasteiger partial charge in [0.15, 0.2) is 0 Å². The molecule has 0 fully saturated rings. The maximum absolute atomic E-state index is 12.7. The Balaban J connectivity index is 2.03. The van der Waals surface area contributed by atoms with E-state index in [-0.39, 0.29) is 18.9 Å². The summed E-state index contributed by atoms with van der Waals surface area (Å²) in [4.78, 5) is 37.4. The Morgan fingerprint density at radius 2 is 1.45 bits per heavy atom. The molecule has 1 amide bonds. The smallest absolute Gasteiger partial charge is 0.408 e. The summed E-state index contributed by atoms with van der Waals surface area (Å²) in [6, 6.07) is 16.9. The third-order valence-electron chi connectivity index (χ3n) is 4.65. The third-order valence-corrected chi connectivity index (χ3v) is 4.65. The molecule has 2 atom stereocenters. The highest BCUT2D eigenvalue weighted by molar-refractivity contribution is 6.41. The lowest BCUT2D eigenvalue weighted by Crippen LogP contribution is -2.50. The van der Waals surface area contributed by atoms with Crippen molar-refractivity contribution in [3.63, 3.8) is 0 Å². The Bertz CT molecular complexity index is 806. The molecule has 6 heteroatoms. The summed E-state index contributed by atoms with van der Waals surface area (Å²) < 4.78 is 5.20. The molecule has 0 radical (unpaired) electrons. The maximum atomic E-state index is 12.7. The predicted molar refractivity (Wildman–Crippen MR) is 111 cm³/mol. The highest BCUT2D eigenvalue weighted by Crippen LogP contribution is 2.10. The number of hydrogen-bond acceptors (Lipinski definition) is 5. The number of amides is 1. The molecule has 0 aromatic heterocycles. The van der Waals surface area contributed by atoms with Crippen LogP contribution in [0.3, 0.4) is 0 Å². The van der Waals surface area contributed by atoms with Gasteiger partial charge in [-0.1, -0.05) is 74.5 Å². The number of hydrogen-bond donors (Lipinski definition) is 2. The van der Waals surface area contributed by atoms with E-state index in [0.717, 1.165) is 11.1 Å². The van der Waals surface area contributed by atoms with Gasteiger partial charge in [-0.3, -0.25) is 9.59 Å². The summed E-state index contributed by atoms with van der Waals surface area (Å²) in [5.41, 5.74) is 7.69. The zero-order chi connectivity index (χ0) is 21.2. The minimum Gasteiger partial charge on any atom is -0.445 e. The molecule has 2 rings (SSSR count). The second kappa shape index (κ2) is 11.1. The fraction of sp³-hybridized carbons (Fsp3) is 0.348. The molecule has 0 saturated carbocycles. The number of carbonyl (C=O) groups is 3. The molecule has 0 aliphatic heterocycles. The van der Waals surface area contributed by atoms with E-state index in [0.29, 0.717) is 6.42 Å². The Morgan fingerprint density at radius 1 is 0.897 bits per heavy atom. The van der Waals surface area contributed by atoms with Gasteiger partial charge in [-0.15, -0.1) is 0 Å². The summed E-state index contributed by atoms with van der Waals surface area (Å²) in [5, 5.41) is 2.54. The van der Waals surface area contributed by atoms with Crippen LogP contribution in [0.5, 0.6) is 0 Å². The van der Waals surface area contributed by atoms with Crippen LogP contribution in [0.4, 0.5) is 4.79 Å². The average Bonchev–Trinajstić information content (AvgIpc) is 2.75. The average molecular weight is 396 g/mol. The first-order valence-corrected chi connectivity index (χ1v) is 9.73. The number of rotatable bonds is 10. The van der Waals surface area contributed by atoms with E-state index >= 15 is 0 Å². The van der Waals surface area contributed by atoms with Gasteiger partial charge in [0.1, 0.15) is 6.61 Å². The number of aryl methyl sites for hydroxylation is 1. The van der Waals surface area contributed by atoms with Gasteiger partial charge >= 0.3 is 6.09 Å². The number of ketones is 2. The summed E-state index contributed by atoms with van der Waals surface area (Å²) in [7, 11) is 0. The van der Waals surface area contributed by atoms with Gasteiger partial charge in [0.25, 0.3) is 0 Å². The van der Waals surface area contributed by atoms with Crippen LogP contribution in [0, 0.1) is 5.92 Å². The van der Waals surface area contributed by atoms with Crippen molar-refractivity contribution >= 4 is 17.7 Å². The lowest BCUT2D eigenvalue weighted by molar-refractivity contribution is -0.139. The van der Waals surface area contributed by atoms with Gasteiger partial charge in [-0.2, -0.15) is 0 Å². The van der Waals surface area contributed by atoms with E-state index in [1.807, 2.05) is 60.7 Å². The zero-order valence-electron chi connectivity index (χ0n) is 16.8. The fourth-order valence-electron chi connectivity index (χ4n) is 2.77. The largest absolute Gasteiger partial charge is 0.445 e. The van der Waals surface area contributed by atoms with Gasteiger partial charge in [0.2, 0.25) is 11.6 Å². The van der Waals surface area contributed by atoms with Gasteiger partial charge in [-0.25, -0.2) is 4.79 Å². The molecular formula is C23H28N2O4. The first-order chi connectivity index (χ1) is 13.9. The minimum atomic E-state index is -0.990. The van der Waals surface area contributed by atoms with Crippen molar-refractivity contribution < 1.29 is 19.1 Å². The molecule has 29 heavy (non-hydrogen) atoms. The van der Waals surface area contributed by atoms with E-state index in [9.17, 15) is 14.4 Å². The number of nitrogens with one attached hydrogen (secondary N) is 1. The summed E-state index contributed by atoms with van der Waals surface area (Å²) in [5.74, 6) is -1.55. The van der Waals surface area contributed by atoms with Crippen LogP contribution in [0.25, 0.3) is 0 Å². The monoisotopic (exact) mass is 396 g/mol. The normalized spacial score (nSPS) is 12.8. The molecule has 0 saturated heterocycles.